The number of carbonyl (C=O) groups excluding carboxylic acids is 1. The number of rotatable bonds is 8. The average Bonchev–Trinajstić information content (AvgIpc) is 3.24. The molecule has 1 aliphatic rings. The maximum absolute atomic E-state index is 12.4. The van der Waals surface area contributed by atoms with Gasteiger partial charge in [-0.05, 0) is 47.4 Å². The fraction of sp³-hybridized carbons (Fsp3) is 0.333. The highest BCUT2D eigenvalue weighted by molar-refractivity contribution is 7.13. The number of benzene rings is 2. The van der Waals surface area contributed by atoms with Gasteiger partial charge in [0.05, 0.1) is 33.4 Å². The van der Waals surface area contributed by atoms with Crippen LogP contribution in [0.15, 0.2) is 41.8 Å². The van der Waals surface area contributed by atoms with Crippen molar-refractivity contribution in [3.05, 3.63) is 64.2 Å². The number of hydrogen-bond acceptors (Lipinski definition) is 7. The summed E-state index contributed by atoms with van der Waals surface area (Å²) in [5.74, 6) is 2.22. The van der Waals surface area contributed by atoms with E-state index in [9.17, 15) is 4.79 Å². The summed E-state index contributed by atoms with van der Waals surface area (Å²) in [4.78, 5) is 19.3. The minimum atomic E-state index is -0.0796. The van der Waals surface area contributed by atoms with Crippen molar-refractivity contribution < 1.29 is 19.0 Å². The van der Waals surface area contributed by atoms with Crippen LogP contribution in [0.1, 0.15) is 22.4 Å². The van der Waals surface area contributed by atoms with E-state index >= 15 is 0 Å². The van der Waals surface area contributed by atoms with Crippen LogP contribution < -0.4 is 19.5 Å². The first-order valence-electron chi connectivity index (χ1n) is 10.4. The number of nitrogens with one attached hydrogen (secondary N) is 1. The molecule has 2 heterocycles. The lowest BCUT2D eigenvalue weighted by Gasteiger charge is -2.29. The lowest BCUT2D eigenvalue weighted by atomic mass is 9.98. The number of nitrogens with zero attached hydrogens (tertiary/aromatic N) is 2. The van der Waals surface area contributed by atoms with Crippen LogP contribution in [0.5, 0.6) is 17.2 Å². The number of aromatic nitrogens is 1. The van der Waals surface area contributed by atoms with E-state index in [0.717, 1.165) is 54.6 Å². The molecule has 2 aromatic carbocycles. The fourth-order valence-corrected chi connectivity index (χ4v) is 4.55. The molecular weight excluding hydrogens is 426 g/mol. The van der Waals surface area contributed by atoms with E-state index in [0.29, 0.717) is 11.6 Å². The maximum atomic E-state index is 12.4. The largest absolute Gasteiger partial charge is 0.497 e. The fourth-order valence-electron chi connectivity index (χ4n) is 3.83. The second-order valence-corrected chi connectivity index (χ2v) is 8.51. The number of methoxy groups -OCH3 is 3. The highest BCUT2D eigenvalue weighted by Gasteiger charge is 2.20. The van der Waals surface area contributed by atoms with E-state index in [-0.39, 0.29) is 5.91 Å². The Morgan fingerprint density at radius 3 is 2.47 bits per heavy atom. The zero-order valence-corrected chi connectivity index (χ0v) is 19.3. The Hall–Kier alpha value is -3.10. The number of ether oxygens (including phenoxy) is 3. The summed E-state index contributed by atoms with van der Waals surface area (Å²) < 4.78 is 16.0. The summed E-state index contributed by atoms with van der Waals surface area (Å²) in [5, 5.41) is 5.54. The average molecular weight is 454 g/mol. The van der Waals surface area contributed by atoms with Crippen LogP contribution in [-0.4, -0.2) is 43.7 Å². The summed E-state index contributed by atoms with van der Waals surface area (Å²) in [7, 11) is 4.94. The minimum Gasteiger partial charge on any atom is -0.497 e. The van der Waals surface area contributed by atoms with E-state index in [1.165, 1.54) is 22.5 Å². The van der Waals surface area contributed by atoms with Gasteiger partial charge in [-0.15, -0.1) is 11.3 Å². The first-order valence-corrected chi connectivity index (χ1v) is 11.3. The van der Waals surface area contributed by atoms with Crippen LogP contribution >= 0.6 is 11.3 Å². The lowest BCUT2D eigenvalue weighted by molar-refractivity contribution is -0.115. The zero-order chi connectivity index (χ0) is 22.5. The smallest absolute Gasteiger partial charge is 0.230 e. The van der Waals surface area contributed by atoms with Crippen LogP contribution in [0.3, 0.4) is 0 Å². The molecule has 0 unspecified atom stereocenters. The Labute approximate surface area is 191 Å². The van der Waals surface area contributed by atoms with Gasteiger partial charge in [0.2, 0.25) is 5.91 Å². The first kappa shape index (κ1) is 22.1. The molecule has 0 spiro atoms. The molecule has 0 bridgehead atoms. The van der Waals surface area contributed by atoms with Crippen LogP contribution in [0.25, 0.3) is 0 Å². The Balaban J connectivity index is 1.33. The van der Waals surface area contributed by atoms with Crippen LogP contribution in [0.4, 0.5) is 5.13 Å². The van der Waals surface area contributed by atoms with Crippen LogP contribution in [0.2, 0.25) is 0 Å². The molecule has 1 amide bonds. The van der Waals surface area contributed by atoms with Gasteiger partial charge >= 0.3 is 0 Å². The van der Waals surface area contributed by atoms with E-state index in [1.54, 1.807) is 21.3 Å². The predicted molar refractivity (Wildman–Crippen MR) is 125 cm³/mol. The molecule has 168 valence electrons. The molecule has 7 nitrogen and oxygen atoms in total. The zero-order valence-electron chi connectivity index (χ0n) is 18.5. The molecule has 4 rings (SSSR count). The Kier molecular flexibility index (Phi) is 6.92. The number of fused-ring (bicyclic) bond motifs is 1. The summed E-state index contributed by atoms with van der Waals surface area (Å²) >= 11 is 1.45. The molecule has 0 radical (unpaired) electrons. The van der Waals surface area contributed by atoms with Gasteiger partial charge in [-0.3, -0.25) is 9.69 Å². The van der Waals surface area contributed by atoms with E-state index < -0.39 is 0 Å². The molecule has 0 saturated carbocycles. The van der Waals surface area contributed by atoms with Gasteiger partial charge in [-0.25, -0.2) is 4.98 Å². The molecular formula is C24H27N3O4S. The quantitative estimate of drug-likeness (QED) is 0.558. The number of amides is 1. The van der Waals surface area contributed by atoms with Crippen molar-refractivity contribution in [1.29, 1.82) is 0 Å². The van der Waals surface area contributed by atoms with Crippen molar-refractivity contribution in [2.75, 3.05) is 33.2 Å². The minimum absolute atomic E-state index is 0.0796. The Morgan fingerprint density at radius 1 is 1.06 bits per heavy atom. The summed E-state index contributed by atoms with van der Waals surface area (Å²) in [5.41, 5.74) is 4.43. The van der Waals surface area contributed by atoms with Gasteiger partial charge in [0.15, 0.2) is 16.6 Å². The van der Waals surface area contributed by atoms with Crippen LogP contribution in [0, 0.1) is 0 Å². The van der Waals surface area contributed by atoms with Gasteiger partial charge in [-0.2, -0.15) is 0 Å². The highest BCUT2D eigenvalue weighted by atomic mass is 32.1. The molecule has 0 aliphatic carbocycles. The SMILES string of the molecule is COc1ccc(CC(=O)Nc2nc(CN3CCc4cc(OC)c(OC)cc4C3)cs2)cc1. The topological polar surface area (TPSA) is 72.9 Å². The van der Waals surface area contributed by atoms with Gasteiger partial charge in [0.25, 0.3) is 0 Å². The summed E-state index contributed by atoms with van der Waals surface area (Å²) in [6.07, 6.45) is 1.25. The van der Waals surface area contributed by atoms with E-state index in [1.807, 2.05) is 29.6 Å². The van der Waals surface area contributed by atoms with Crippen LogP contribution in [-0.2, 0) is 30.7 Å². The molecule has 1 aromatic heterocycles. The second kappa shape index (κ2) is 10.0. The molecule has 1 aliphatic heterocycles. The van der Waals surface area contributed by atoms with Gasteiger partial charge < -0.3 is 19.5 Å². The number of carbonyl (C=O) groups is 1. The predicted octanol–water partition coefficient (Wildman–Crippen LogP) is 3.91. The molecule has 8 heteroatoms. The molecule has 32 heavy (non-hydrogen) atoms. The molecule has 0 atom stereocenters. The van der Waals surface area contributed by atoms with Gasteiger partial charge in [0.1, 0.15) is 5.75 Å². The number of hydrogen-bond donors (Lipinski definition) is 1. The molecule has 0 saturated heterocycles. The van der Waals surface area contributed by atoms with E-state index in [2.05, 4.69) is 27.3 Å². The van der Waals surface area contributed by atoms with Crippen molar-refractivity contribution in [3.63, 3.8) is 0 Å². The van der Waals surface area contributed by atoms with Crippen molar-refractivity contribution in [2.45, 2.75) is 25.9 Å². The van der Waals surface area contributed by atoms with Crippen molar-refractivity contribution >= 4 is 22.4 Å². The van der Waals surface area contributed by atoms with Crippen molar-refractivity contribution in [3.8, 4) is 17.2 Å². The van der Waals surface area contributed by atoms with Gasteiger partial charge in [0, 0.05) is 25.0 Å². The number of anilines is 1. The Bertz CT molecular complexity index is 1080. The first-order chi connectivity index (χ1) is 15.6. The third-order valence-electron chi connectivity index (χ3n) is 5.50. The third kappa shape index (κ3) is 5.20. The van der Waals surface area contributed by atoms with Gasteiger partial charge in [-0.1, -0.05) is 12.1 Å². The normalized spacial score (nSPS) is 13.3. The van der Waals surface area contributed by atoms with Crippen molar-refractivity contribution in [1.82, 2.24) is 9.88 Å². The molecule has 3 aromatic rings. The molecule has 1 N–H and O–H groups in total. The highest BCUT2D eigenvalue weighted by Crippen LogP contribution is 2.33. The summed E-state index contributed by atoms with van der Waals surface area (Å²) in [6.45, 7) is 2.50. The lowest BCUT2D eigenvalue weighted by Crippen LogP contribution is -2.30. The number of thiazole rings is 1. The summed E-state index contributed by atoms with van der Waals surface area (Å²) in [6, 6.07) is 11.6. The molecule has 0 fully saturated rings. The van der Waals surface area contributed by atoms with E-state index in [4.69, 9.17) is 14.2 Å². The van der Waals surface area contributed by atoms with Crippen molar-refractivity contribution in [2.24, 2.45) is 0 Å². The maximum Gasteiger partial charge on any atom is 0.230 e. The third-order valence-corrected chi connectivity index (χ3v) is 6.31. The Morgan fingerprint density at radius 2 is 1.78 bits per heavy atom. The standard InChI is InChI=1S/C24H27N3O4S/c1-29-20-6-4-16(5-7-20)10-23(28)26-24-25-19(15-32-24)14-27-9-8-17-11-21(30-2)22(31-3)12-18(17)13-27/h4-7,11-12,15H,8-10,13-14H2,1-3H3,(H,25,26,28). The monoisotopic (exact) mass is 453 g/mol. The second-order valence-electron chi connectivity index (χ2n) is 7.65.